The molecule has 11 aromatic rings. The first-order valence-corrected chi connectivity index (χ1v) is 21.0. The van der Waals surface area contributed by atoms with Crippen molar-refractivity contribution in [1.29, 1.82) is 0 Å². The molecule has 0 spiro atoms. The van der Waals surface area contributed by atoms with E-state index >= 15 is 0 Å². The van der Waals surface area contributed by atoms with Crippen LogP contribution in [0, 0.1) is 0 Å². The summed E-state index contributed by atoms with van der Waals surface area (Å²) in [4.78, 5) is 0. The van der Waals surface area contributed by atoms with Gasteiger partial charge in [0.25, 0.3) is 0 Å². The highest BCUT2D eigenvalue weighted by atomic mass is 15.0. The normalized spacial score (nSPS) is 11.3. The van der Waals surface area contributed by atoms with E-state index in [1.807, 2.05) is 0 Å². The lowest BCUT2D eigenvalue weighted by Gasteiger charge is -2.15. The Bertz CT molecular complexity index is 3200. The molecule has 10 aromatic carbocycles. The number of para-hydroxylation sites is 2. The summed E-state index contributed by atoms with van der Waals surface area (Å²) < 4.78 is 2.42. The van der Waals surface area contributed by atoms with Crippen molar-refractivity contribution in [2.24, 2.45) is 0 Å². The highest BCUT2D eigenvalue weighted by Gasteiger charge is 2.16. The van der Waals surface area contributed by atoms with Crippen LogP contribution in [0.25, 0.3) is 105 Å². The summed E-state index contributed by atoms with van der Waals surface area (Å²) in [6, 6.07) is 90.5. The maximum absolute atomic E-state index is 2.42. The average Bonchev–Trinajstić information content (AvgIpc) is 3.69. The molecule has 0 bridgehead atoms. The molecule has 0 saturated carbocycles. The summed E-state index contributed by atoms with van der Waals surface area (Å²) in [6.07, 6.45) is 0. The summed E-state index contributed by atoms with van der Waals surface area (Å²) in [6.45, 7) is 0. The number of hydrogen-bond donors (Lipinski definition) is 0. The second-order valence-corrected chi connectivity index (χ2v) is 15.8. The van der Waals surface area contributed by atoms with Crippen molar-refractivity contribution in [3.63, 3.8) is 0 Å². The van der Waals surface area contributed by atoms with Crippen LogP contribution in [0.1, 0.15) is 0 Å². The van der Waals surface area contributed by atoms with E-state index < -0.39 is 0 Å². The average molecular weight is 776 g/mol. The van der Waals surface area contributed by atoms with E-state index in [9.17, 15) is 0 Å². The first kappa shape index (κ1) is 36.1. The molecule has 1 aromatic heterocycles. The number of hydrogen-bond acceptors (Lipinski definition) is 0. The summed E-state index contributed by atoms with van der Waals surface area (Å²) in [5, 5.41) is 2.52. The second-order valence-electron chi connectivity index (χ2n) is 15.8. The maximum atomic E-state index is 2.42. The number of nitrogens with zero attached hydrogens (tertiary/aromatic N) is 1. The third-order valence-electron chi connectivity index (χ3n) is 11.9. The van der Waals surface area contributed by atoms with Crippen LogP contribution in [-0.2, 0) is 0 Å². The largest absolute Gasteiger partial charge is 0.309 e. The van der Waals surface area contributed by atoms with Crippen LogP contribution in [0.3, 0.4) is 0 Å². The molecule has 0 fully saturated rings. The Kier molecular flexibility index (Phi) is 9.26. The predicted molar refractivity (Wildman–Crippen MR) is 259 cm³/mol. The van der Waals surface area contributed by atoms with Gasteiger partial charge in [-0.05, 0) is 145 Å². The number of fused-ring (bicyclic) bond motifs is 3. The Morgan fingerprint density at radius 2 is 0.410 bits per heavy atom. The zero-order chi connectivity index (χ0) is 40.5. The topological polar surface area (TPSA) is 4.93 Å². The molecule has 1 nitrogen and oxygen atoms in total. The monoisotopic (exact) mass is 775 g/mol. The smallest absolute Gasteiger partial charge is 0.0541 e. The molecule has 0 atom stereocenters. The van der Waals surface area contributed by atoms with Crippen LogP contribution in [-0.4, -0.2) is 4.57 Å². The Morgan fingerprint density at radius 3 is 0.721 bits per heavy atom. The van der Waals surface area contributed by atoms with Crippen LogP contribution in [0.15, 0.2) is 249 Å². The van der Waals surface area contributed by atoms with Crippen molar-refractivity contribution in [1.82, 2.24) is 4.57 Å². The van der Waals surface area contributed by atoms with E-state index in [2.05, 4.69) is 253 Å². The Balaban J connectivity index is 1.05. The summed E-state index contributed by atoms with van der Waals surface area (Å²) >= 11 is 0. The quantitative estimate of drug-likeness (QED) is 0.145. The van der Waals surface area contributed by atoms with Crippen molar-refractivity contribution in [3.05, 3.63) is 249 Å². The lowest BCUT2D eigenvalue weighted by atomic mass is 9.89. The molecule has 0 aliphatic heterocycles. The SMILES string of the molecule is c1ccc(-c2cc(-c3ccccc3)cc(-c3cc(-c4ccccc4)cc(-c4ccc(-c5cc(-c6ccccc6)cc(-n6c7ccccc7c7ccccc76)c5)cc4)c3)c2)cc1. The van der Waals surface area contributed by atoms with Gasteiger partial charge in [-0.1, -0.05) is 182 Å². The first-order valence-electron chi connectivity index (χ1n) is 21.0. The highest BCUT2D eigenvalue weighted by molar-refractivity contribution is 6.09. The molecule has 0 aliphatic rings. The van der Waals surface area contributed by atoms with Gasteiger partial charge in [-0.25, -0.2) is 0 Å². The molecular weight excluding hydrogens is 735 g/mol. The minimum absolute atomic E-state index is 1.14. The van der Waals surface area contributed by atoms with Gasteiger partial charge in [-0.3, -0.25) is 0 Å². The Hall–Kier alpha value is -8.00. The van der Waals surface area contributed by atoms with Crippen molar-refractivity contribution in [3.8, 4) is 83.6 Å². The third-order valence-corrected chi connectivity index (χ3v) is 11.9. The minimum atomic E-state index is 1.14. The van der Waals surface area contributed by atoms with E-state index in [1.54, 1.807) is 0 Å². The zero-order valence-electron chi connectivity index (χ0n) is 33.6. The third kappa shape index (κ3) is 7.03. The molecule has 61 heavy (non-hydrogen) atoms. The molecule has 0 saturated heterocycles. The molecule has 286 valence electrons. The van der Waals surface area contributed by atoms with Gasteiger partial charge in [-0.15, -0.1) is 0 Å². The number of benzene rings is 10. The van der Waals surface area contributed by atoms with Crippen LogP contribution in [0.4, 0.5) is 0 Å². The van der Waals surface area contributed by atoms with Crippen molar-refractivity contribution >= 4 is 21.8 Å². The van der Waals surface area contributed by atoms with Gasteiger partial charge in [0, 0.05) is 16.5 Å². The summed E-state index contributed by atoms with van der Waals surface area (Å²) in [5.41, 5.74) is 20.2. The molecule has 1 heteroatoms. The van der Waals surface area contributed by atoms with Crippen molar-refractivity contribution < 1.29 is 0 Å². The highest BCUT2D eigenvalue weighted by Crippen LogP contribution is 2.40. The van der Waals surface area contributed by atoms with Gasteiger partial charge in [-0.2, -0.15) is 0 Å². The van der Waals surface area contributed by atoms with Crippen LogP contribution >= 0.6 is 0 Å². The molecule has 1 heterocycles. The van der Waals surface area contributed by atoms with Crippen molar-refractivity contribution in [2.45, 2.75) is 0 Å². The van der Waals surface area contributed by atoms with E-state index in [-0.39, 0.29) is 0 Å². The van der Waals surface area contributed by atoms with E-state index in [0.29, 0.717) is 0 Å². The number of aromatic nitrogens is 1. The predicted octanol–water partition coefficient (Wildman–Crippen LogP) is 16.5. The maximum Gasteiger partial charge on any atom is 0.0541 e. The summed E-state index contributed by atoms with van der Waals surface area (Å²) in [5.74, 6) is 0. The van der Waals surface area contributed by atoms with Gasteiger partial charge in [0.2, 0.25) is 0 Å². The van der Waals surface area contributed by atoms with Crippen molar-refractivity contribution in [2.75, 3.05) is 0 Å². The molecule has 0 unspecified atom stereocenters. The lowest BCUT2D eigenvalue weighted by molar-refractivity contribution is 1.18. The van der Waals surface area contributed by atoms with Crippen LogP contribution in [0.5, 0.6) is 0 Å². The van der Waals surface area contributed by atoms with E-state index in [0.717, 1.165) is 5.69 Å². The molecule has 0 amide bonds. The fourth-order valence-electron chi connectivity index (χ4n) is 8.91. The summed E-state index contributed by atoms with van der Waals surface area (Å²) in [7, 11) is 0. The second kappa shape index (κ2) is 15.6. The van der Waals surface area contributed by atoms with Gasteiger partial charge in [0.05, 0.1) is 11.0 Å². The Morgan fingerprint density at radius 1 is 0.180 bits per heavy atom. The minimum Gasteiger partial charge on any atom is -0.309 e. The van der Waals surface area contributed by atoms with Gasteiger partial charge < -0.3 is 4.57 Å². The first-order chi connectivity index (χ1) is 30.2. The standard InChI is InChI=1S/C60H41N/c1-5-17-42(18-6-1)48-33-49(43-19-7-2-8-20-43)36-52(35-48)53-37-50(44-21-9-3-10-22-44)34-51(38-53)46-29-31-47(32-30-46)55-39-54(45-23-11-4-12-24-45)40-56(41-55)61-59-27-15-13-25-57(59)58-26-14-16-28-60(58)61/h1-41H. The number of rotatable bonds is 8. The zero-order valence-corrected chi connectivity index (χ0v) is 33.6. The molecular formula is C60H41N. The molecule has 0 aliphatic carbocycles. The van der Waals surface area contributed by atoms with E-state index in [1.165, 1.54) is 99.7 Å². The lowest BCUT2D eigenvalue weighted by Crippen LogP contribution is -1.96. The molecule has 0 radical (unpaired) electrons. The Labute approximate surface area is 357 Å². The van der Waals surface area contributed by atoms with E-state index in [4.69, 9.17) is 0 Å². The van der Waals surface area contributed by atoms with Crippen LogP contribution in [0.2, 0.25) is 0 Å². The van der Waals surface area contributed by atoms with Gasteiger partial charge in [0.1, 0.15) is 0 Å². The molecule has 0 N–H and O–H groups in total. The van der Waals surface area contributed by atoms with Crippen LogP contribution < -0.4 is 0 Å². The fraction of sp³-hybridized carbons (Fsp3) is 0. The molecule has 11 rings (SSSR count). The van der Waals surface area contributed by atoms with Gasteiger partial charge >= 0.3 is 0 Å². The van der Waals surface area contributed by atoms with Gasteiger partial charge in [0.15, 0.2) is 0 Å². The fourth-order valence-corrected chi connectivity index (χ4v) is 8.91.